The van der Waals surface area contributed by atoms with Crippen molar-refractivity contribution >= 4 is 28.9 Å². The summed E-state index contributed by atoms with van der Waals surface area (Å²) in [5.41, 5.74) is 9.33. The number of ether oxygens (including phenoxy) is 3. The molecule has 3 aromatic rings. The number of nitrogens with two attached hydrogens (primary N) is 1. The van der Waals surface area contributed by atoms with Crippen LogP contribution in [0, 0.1) is 13.8 Å². The number of nitrogen functional groups attached to an aromatic ring is 1. The van der Waals surface area contributed by atoms with Crippen LogP contribution in [0.5, 0.6) is 17.2 Å². The van der Waals surface area contributed by atoms with E-state index < -0.39 is 11.8 Å². The van der Waals surface area contributed by atoms with Gasteiger partial charge in [0, 0.05) is 0 Å². The molecule has 0 unspecified atom stereocenters. The van der Waals surface area contributed by atoms with Gasteiger partial charge in [0.15, 0.2) is 11.5 Å². The molecule has 172 valence electrons. The first-order valence-electron chi connectivity index (χ1n) is 10.2. The van der Waals surface area contributed by atoms with Crippen LogP contribution in [0.4, 0.5) is 17.1 Å². The fraction of sp³-hybridized carbons (Fsp3) is 0.200. The summed E-state index contributed by atoms with van der Waals surface area (Å²) < 4.78 is 16.2. The molecule has 0 fully saturated rings. The average molecular weight is 450 g/mol. The van der Waals surface area contributed by atoms with Crippen LogP contribution in [0.15, 0.2) is 48.5 Å². The molecule has 0 atom stereocenters. The van der Waals surface area contributed by atoms with Crippen molar-refractivity contribution in [3.8, 4) is 17.2 Å². The van der Waals surface area contributed by atoms with Crippen LogP contribution in [-0.2, 0) is 0 Å². The Balaban J connectivity index is 1.98. The molecule has 0 spiro atoms. The molecule has 0 aromatic heterocycles. The highest BCUT2D eigenvalue weighted by molar-refractivity contribution is 6.11. The molecular weight excluding hydrogens is 422 g/mol. The molecule has 0 saturated carbocycles. The Labute approximate surface area is 192 Å². The quantitative estimate of drug-likeness (QED) is 0.461. The van der Waals surface area contributed by atoms with Gasteiger partial charge < -0.3 is 30.6 Å². The van der Waals surface area contributed by atoms with Crippen LogP contribution < -0.4 is 30.6 Å². The molecule has 0 radical (unpaired) electrons. The summed E-state index contributed by atoms with van der Waals surface area (Å²) in [6.07, 6.45) is 0. The minimum atomic E-state index is -0.442. The number of hydrogen-bond donors (Lipinski definition) is 3. The lowest BCUT2D eigenvalue weighted by molar-refractivity contribution is 0.101. The largest absolute Gasteiger partial charge is 0.495 e. The van der Waals surface area contributed by atoms with Crippen LogP contribution in [-0.4, -0.2) is 33.1 Å². The van der Waals surface area contributed by atoms with E-state index in [1.54, 1.807) is 42.5 Å². The zero-order valence-electron chi connectivity index (χ0n) is 19.2. The first kappa shape index (κ1) is 23.5. The maximum absolute atomic E-state index is 13.1. The van der Waals surface area contributed by atoms with Crippen molar-refractivity contribution in [1.29, 1.82) is 0 Å². The third kappa shape index (κ3) is 5.01. The molecule has 8 nitrogen and oxygen atoms in total. The summed E-state index contributed by atoms with van der Waals surface area (Å²) in [7, 11) is 4.41. The number of anilines is 3. The number of methoxy groups -OCH3 is 3. The highest BCUT2D eigenvalue weighted by Crippen LogP contribution is 2.34. The number of nitrogens with one attached hydrogen (secondary N) is 2. The van der Waals surface area contributed by atoms with E-state index in [1.165, 1.54) is 21.3 Å². The molecule has 0 heterocycles. The number of amides is 2. The summed E-state index contributed by atoms with van der Waals surface area (Å²) in [4.78, 5) is 26.2. The Morgan fingerprint density at radius 1 is 0.727 bits per heavy atom. The summed E-state index contributed by atoms with van der Waals surface area (Å²) >= 11 is 0. The van der Waals surface area contributed by atoms with Gasteiger partial charge in [0.25, 0.3) is 11.8 Å². The van der Waals surface area contributed by atoms with Crippen LogP contribution >= 0.6 is 0 Å². The van der Waals surface area contributed by atoms with Crippen molar-refractivity contribution in [2.24, 2.45) is 0 Å². The Bertz CT molecular complexity index is 1210. The summed E-state index contributed by atoms with van der Waals surface area (Å²) in [6.45, 7) is 3.65. The Hall–Kier alpha value is -4.20. The molecule has 0 bridgehead atoms. The Kier molecular flexibility index (Phi) is 7.07. The monoisotopic (exact) mass is 449 g/mol. The normalized spacial score (nSPS) is 10.3. The maximum Gasteiger partial charge on any atom is 0.259 e. The van der Waals surface area contributed by atoms with Crippen molar-refractivity contribution in [3.63, 3.8) is 0 Å². The van der Waals surface area contributed by atoms with E-state index in [1.807, 2.05) is 19.9 Å². The lowest BCUT2D eigenvalue weighted by Crippen LogP contribution is -2.18. The van der Waals surface area contributed by atoms with Crippen LogP contribution in [0.1, 0.15) is 31.8 Å². The predicted octanol–water partition coefficient (Wildman–Crippen LogP) is 4.42. The van der Waals surface area contributed by atoms with Crippen LogP contribution in [0.25, 0.3) is 0 Å². The second-order valence-electron chi connectivity index (χ2n) is 7.44. The molecule has 0 saturated heterocycles. The SMILES string of the molecule is COc1ccccc1NC(=O)c1cc(C)cc(NC(=O)c2cc(C)cc(N)c2OC)c1OC. The summed E-state index contributed by atoms with van der Waals surface area (Å²) in [5, 5.41) is 5.66. The smallest absolute Gasteiger partial charge is 0.259 e. The molecule has 0 aliphatic carbocycles. The number of aryl methyl sites for hydroxylation is 2. The van der Waals surface area contributed by atoms with Gasteiger partial charge in [-0.25, -0.2) is 0 Å². The second kappa shape index (κ2) is 9.95. The van der Waals surface area contributed by atoms with Gasteiger partial charge in [-0.2, -0.15) is 0 Å². The van der Waals surface area contributed by atoms with E-state index in [-0.39, 0.29) is 22.6 Å². The molecule has 0 aliphatic heterocycles. The minimum Gasteiger partial charge on any atom is -0.495 e. The third-order valence-electron chi connectivity index (χ3n) is 5.00. The molecule has 3 aromatic carbocycles. The zero-order chi connectivity index (χ0) is 24.1. The third-order valence-corrected chi connectivity index (χ3v) is 5.00. The van der Waals surface area contributed by atoms with E-state index in [2.05, 4.69) is 10.6 Å². The van der Waals surface area contributed by atoms with E-state index >= 15 is 0 Å². The number of para-hydroxylation sites is 2. The van der Waals surface area contributed by atoms with Crippen molar-refractivity contribution in [2.75, 3.05) is 37.7 Å². The molecule has 8 heteroatoms. The fourth-order valence-electron chi connectivity index (χ4n) is 3.58. The lowest BCUT2D eigenvalue weighted by atomic mass is 10.1. The molecule has 4 N–H and O–H groups in total. The molecule has 3 rings (SSSR count). The van der Waals surface area contributed by atoms with Gasteiger partial charge in [-0.15, -0.1) is 0 Å². The van der Waals surface area contributed by atoms with Gasteiger partial charge in [-0.3, -0.25) is 9.59 Å². The molecule has 0 aliphatic rings. The van der Waals surface area contributed by atoms with E-state index in [0.717, 1.165) is 11.1 Å². The Morgan fingerprint density at radius 3 is 1.88 bits per heavy atom. The fourth-order valence-corrected chi connectivity index (χ4v) is 3.58. The second-order valence-corrected chi connectivity index (χ2v) is 7.44. The predicted molar refractivity (Wildman–Crippen MR) is 129 cm³/mol. The standard InChI is InChI=1S/C25H27N3O5/c1-14-10-16(22(32-4)18(26)12-14)24(29)28-20-13-15(2)11-17(23(20)33-5)25(30)27-19-8-6-7-9-21(19)31-3/h6-13H,26H2,1-5H3,(H,27,30)(H,28,29). The maximum atomic E-state index is 13.1. The van der Waals surface area contributed by atoms with Crippen molar-refractivity contribution in [2.45, 2.75) is 13.8 Å². The van der Waals surface area contributed by atoms with Gasteiger partial charge >= 0.3 is 0 Å². The summed E-state index contributed by atoms with van der Waals surface area (Å²) in [6, 6.07) is 13.9. The van der Waals surface area contributed by atoms with Crippen molar-refractivity contribution in [3.05, 3.63) is 70.8 Å². The van der Waals surface area contributed by atoms with Crippen molar-refractivity contribution in [1.82, 2.24) is 0 Å². The van der Waals surface area contributed by atoms with Gasteiger partial charge in [0.1, 0.15) is 5.75 Å². The number of hydrogen-bond acceptors (Lipinski definition) is 6. The lowest BCUT2D eigenvalue weighted by Gasteiger charge is -2.17. The molecular formula is C25H27N3O5. The van der Waals surface area contributed by atoms with Gasteiger partial charge in [0.05, 0.1) is 49.5 Å². The van der Waals surface area contributed by atoms with Crippen molar-refractivity contribution < 1.29 is 23.8 Å². The highest BCUT2D eigenvalue weighted by atomic mass is 16.5. The van der Waals surface area contributed by atoms with E-state index in [4.69, 9.17) is 19.9 Å². The van der Waals surface area contributed by atoms with Crippen LogP contribution in [0.2, 0.25) is 0 Å². The summed E-state index contributed by atoms with van der Waals surface area (Å²) in [5.74, 6) is 0.171. The van der Waals surface area contributed by atoms with Gasteiger partial charge in [-0.05, 0) is 61.4 Å². The molecule has 33 heavy (non-hydrogen) atoms. The van der Waals surface area contributed by atoms with Gasteiger partial charge in [-0.1, -0.05) is 12.1 Å². The molecule has 2 amide bonds. The van der Waals surface area contributed by atoms with E-state index in [0.29, 0.717) is 22.8 Å². The van der Waals surface area contributed by atoms with E-state index in [9.17, 15) is 9.59 Å². The number of carbonyl (C=O) groups excluding carboxylic acids is 2. The van der Waals surface area contributed by atoms with Crippen LogP contribution in [0.3, 0.4) is 0 Å². The minimum absolute atomic E-state index is 0.223. The number of carbonyl (C=O) groups is 2. The topological polar surface area (TPSA) is 112 Å². The highest BCUT2D eigenvalue weighted by Gasteiger charge is 2.22. The first-order valence-corrected chi connectivity index (χ1v) is 10.2. The average Bonchev–Trinajstić information content (AvgIpc) is 2.78. The van der Waals surface area contributed by atoms with Gasteiger partial charge in [0.2, 0.25) is 0 Å². The Morgan fingerprint density at radius 2 is 1.27 bits per heavy atom. The first-order chi connectivity index (χ1) is 15.8. The number of rotatable bonds is 7. The number of benzene rings is 3. The zero-order valence-corrected chi connectivity index (χ0v) is 19.2.